The second-order valence-electron chi connectivity index (χ2n) is 4.69. The molecule has 0 amide bonds. The standard InChI is InChI=1S/C12H16ClN3O2/c1-8-11(14)4-5-15(8)7-9-6-10(13)2-3-12(9)16(17)18/h2-3,6,8,11H,4-5,7,14H2,1H3. The summed E-state index contributed by atoms with van der Waals surface area (Å²) < 4.78 is 0. The van der Waals surface area contributed by atoms with E-state index in [9.17, 15) is 10.1 Å². The Bertz CT molecular complexity index is 467. The average Bonchev–Trinajstić information content (AvgIpc) is 2.61. The molecule has 1 aliphatic rings. The van der Waals surface area contributed by atoms with Gasteiger partial charge >= 0.3 is 0 Å². The summed E-state index contributed by atoms with van der Waals surface area (Å²) >= 11 is 5.91. The molecule has 2 atom stereocenters. The number of nitrogens with zero attached hydrogens (tertiary/aromatic N) is 2. The van der Waals surface area contributed by atoms with Gasteiger partial charge in [0.05, 0.1) is 4.92 Å². The summed E-state index contributed by atoms with van der Waals surface area (Å²) in [5.41, 5.74) is 6.71. The minimum absolute atomic E-state index is 0.118. The quantitative estimate of drug-likeness (QED) is 0.674. The number of halogens is 1. The summed E-state index contributed by atoms with van der Waals surface area (Å²) in [7, 11) is 0. The first-order valence-corrected chi connectivity index (χ1v) is 6.29. The normalized spacial score (nSPS) is 24.4. The molecule has 1 fully saturated rings. The maximum atomic E-state index is 11.0. The molecular formula is C12H16ClN3O2. The van der Waals surface area contributed by atoms with Crippen LogP contribution in [0.15, 0.2) is 18.2 Å². The predicted molar refractivity (Wildman–Crippen MR) is 70.6 cm³/mol. The number of likely N-dealkylation sites (tertiary alicyclic amines) is 1. The molecule has 6 heteroatoms. The Labute approximate surface area is 111 Å². The van der Waals surface area contributed by atoms with Crippen molar-refractivity contribution in [1.29, 1.82) is 0 Å². The SMILES string of the molecule is CC1C(N)CCN1Cc1cc(Cl)ccc1[N+](=O)[O-]. The first kappa shape index (κ1) is 13.3. The van der Waals surface area contributed by atoms with Crippen molar-refractivity contribution in [2.24, 2.45) is 5.73 Å². The third-order valence-electron chi connectivity index (χ3n) is 3.56. The van der Waals surface area contributed by atoms with Gasteiger partial charge in [-0.3, -0.25) is 15.0 Å². The van der Waals surface area contributed by atoms with E-state index in [0.29, 0.717) is 17.1 Å². The van der Waals surface area contributed by atoms with Gasteiger partial charge in [0.25, 0.3) is 5.69 Å². The average molecular weight is 270 g/mol. The Kier molecular flexibility index (Phi) is 3.85. The van der Waals surface area contributed by atoms with Crippen LogP contribution in [-0.4, -0.2) is 28.5 Å². The lowest BCUT2D eigenvalue weighted by Crippen LogP contribution is -2.36. The highest BCUT2D eigenvalue weighted by atomic mass is 35.5. The monoisotopic (exact) mass is 269 g/mol. The smallest absolute Gasteiger partial charge is 0.273 e. The van der Waals surface area contributed by atoms with Crippen LogP contribution in [0.1, 0.15) is 18.9 Å². The Morgan fingerprint density at radius 2 is 2.33 bits per heavy atom. The Morgan fingerprint density at radius 1 is 1.61 bits per heavy atom. The maximum absolute atomic E-state index is 11.0. The largest absolute Gasteiger partial charge is 0.326 e. The van der Waals surface area contributed by atoms with Crippen LogP contribution in [0.2, 0.25) is 5.02 Å². The number of benzene rings is 1. The highest BCUT2D eigenvalue weighted by molar-refractivity contribution is 6.30. The van der Waals surface area contributed by atoms with Gasteiger partial charge in [-0.15, -0.1) is 0 Å². The predicted octanol–water partition coefficient (Wildman–Crippen LogP) is 2.17. The lowest BCUT2D eigenvalue weighted by atomic mass is 10.1. The molecule has 5 nitrogen and oxygen atoms in total. The van der Waals surface area contributed by atoms with Crippen LogP contribution in [0, 0.1) is 10.1 Å². The molecule has 18 heavy (non-hydrogen) atoms. The van der Waals surface area contributed by atoms with Crippen LogP contribution in [-0.2, 0) is 6.54 Å². The molecule has 2 rings (SSSR count). The van der Waals surface area contributed by atoms with Crippen molar-refractivity contribution in [2.75, 3.05) is 6.54 Å². The van der Waals surface area contributed by atoms with E-state index in [-0.39, 0.29) is 22.7 Å². The van der Waals surface area contributed by atoms with Crippen LogP contribution >= 0.6 is 11.6 Å². The highest BCUT2D eigenvalue weighted by Gasteiger charge is 2.29. The van der Waals surface area contributed by atoms with Crippen molar-refractivity contribution in [3.63, 3.8) is 0 Å². The lowest BCUT2D eigenvalue weighted by molar-refractivity contribution is -0.385. The zero-order valence-electron chi connectivity index (χ0n) is 10.2. The van der Waals surface area contributed by atoms with Crippen molar-refractivity contribution in [1.82, 2.24) is 4.90 Å². The van der Waals surface area contributed by atoms with Gasteiger partial charge in [0.1, 0.15) is 0 Å². The number of nitro benzene ring substituents is 1. The molecule has 1 saturated heterocycles. The molecule has 1 aromatic rings. The molecule has 0 spiro atoms. The first-order chi connectivity index (χ1) is 8.49. The molecule has 0 saturated carbocycles. The summed E-state index contributed by atoms with van der Waals surface area (Å²) in [6, 6.07) is 5.04. The van der Waals surface area contributed by atoms with Crippen LogP contribution in [0.3, 0.4) is 0 Å². The second kappa shape index (κ2) is 5.22. The summed E-state index contributed by atoms with van der Waals surface area (Å²) in [6.45, 7) is 3.44. The molecule has 0 radical (unpaired) electrons. The van der Waals surface area contributed by atoms with Crippen LogP contribution in [0.25, 0.3) is 0 Å². The van der Waals surface area contributed by atoms with Crippen molar-refractivity contribution >= 4 is 17.3 Å². The van der Waals surface area contributed by atoms with Gasteiger partial charge < -0.3 is 5.73 Å². The van der Waals surface area contributed by atoms with Crippen molar-refractivity contribution < 1.29 is 4.92 Å². The molecule has 1 aromatic carbocycles. The van der Waals surface area contributed by atoms with Gasteiger partial charge in [-0.05, 0) is 25.5 Å². The van der Waals surface area contributed by atoms with Crippen molar-refractivity contribution in [3.05, 3.63) is 38.9 Å². The summed E-state index contributed by atoms with van der Waals surface area (Å²) in [5.74, 6) is 0. The molecule has 2 unspecified atom stereocenters. The summed E-state index contributed by atoms with van der Waals surface area (Å²) in [6.07, 6.45) is 0.926. The Balaban J connectivity index is 2.23. The molecule has 1 aliphatic heterocycles. The van der Waals surface area contributed by atoms with E-state index in [4.69, 9.17) is 17.3 Å². The Morgan fingerprint density at radius 3 is 2.89 bits per heavy atom. The zero-order valence-corrected chi connectivity index (χ0v) is 10.9. The van der Waals surface area contributed by atoms with Gasteiger partial charge in [-0.2, -0.15) is 0 Å². The molecule has 0 aliphatic carbocycles. The van der Waals surface area contributed by atoms with Crippen molar-refractivity contribution in [2.45, 2.75) is 32.0 Å². The van der Waals surface area contributed by atoms with E-state index < -0.39 is 0 Å². The fourth-order valence-electron chi connectivity index (χ4n) is 2.33. The van der Waals surface area contributed by atoms with Gasteiger partial charge in [0, 0.05) is 41.8 Å². The molecule has 98 valence electrons. The van der Waals surface area contributed by atoms with Gasteiger partial charge in [0.2, 0.25) is 0 Å². The topological polar surface area (TPSA) is 72.4 Å². The molecule has 1 heterocycles. The van der Waals surface area contributed by atoms with Crippen LogP contribution < -0.4 is 5.73 Å². The van der Waals surface area contributed by atoms with E-state index in [2.05, 4.69) is 4.90 Å². The molecular weight excluding hydrogens is 254 g/mol. The maximum Gasteiger partial charge on any atom is 0.273 e. The lowest BCUT2D eigenvalue weighted by Gasteiger charge is -2.22. The van der Waals surface area contributed by atoms with Gasteiger partial charge in [-0.1, -0.05) is 11.6 Å². The zero-order chi connectivity index (χ0) is 13.3. The van der Waals surface area contributed by atoms with E-state index in [1.165, 1.54) is 6.07 Å². The Hall–Kier alpha value is -1.17. The summed E-state index contributed by atoms with van der Waals surface area (Å²) in [4.78, 5) is 12.8. The number of hydrogen-bond donors (Lipinski definition) is 1. The van der Waals surface area contributed by atoms with Crippen LogP contribution in [0.5, 0.6) is 0 Å². The number of hydrogen-bond acceptors (Lipinski definition) is 4. The highest BCUT2D eigenvalue weighted by Crippen LogP contribution is 2.27. The molecule has 0 bridgehead atoms. The number of rotatable bonds is 3. The van der Waals surface area contributed by atoms with E-state index in [1.807, 2.05) is 6.92 Å². The number of nitrogens with two attached hydrogens (primary N) is 1. The third-order valence-corrected chi connectivity index (χ3v) is 3.79. The molecule has 0 aromatic heterocycles. The van der Waals surface area contributed by atoms with E-state index >= 15 is 0 Å². The second-order valence-corrected chi connectivity index (χ2v) is 5.13. The van der Waals surface area contributed by atoms with Crippen molar-refractivity contribution in [3.8, 4) is 0 Å². The summed E-state index contributed by atoms with van der Waals surface area (Å²) in [5, 5.41) is 11.5. The third kappa shape index (κ3) is 2.63. The molecule has 2 N–H and O–H groups in total. The minimum Gasteiger partial charge on any atom is -0.326 e. The van der Waals surface area contributed by atoms with E-state index in [0.717, 1.165) is 13.0 Å². The fraction of sp³-hybridized carbons (Fsp3) is 0.500. The minimum atomic E-state index is -0.369. The first-order valence-electron chi connectivity index (χ1n) is 5.91. The van der Waals surface area contributed by atoms with Gasteiger partial charge in [-0.25, -0.2) is 0 Å². The number of nitro groups is 1. The van der Waals surface area contributed by atoms with Gasteiger partial charge in [0.15, 0.2) is 0 Å². The van der Waals surface area contributed by atoms with Crippen LogP contribution in [0.4, 0.5) is 5.69 Å². The van der Waals surface area contributed by atoms with E-state index in [1.54, 1.807) is 12.1 Å². The fourth-order valence-corrected chi connectivity index (χ4v) is 2.53.